The second-order valence-electron chi connectivity index (χ2n) is 4.59. The van der Waals surface area contributed by atoms with Crippen LogP contribution < -0.4 is 5.32 Å². The Balaban J connectivity index is 2.47. The van der Waals surface area contributed by atoms with Crippen molar-refractivity contribution < 1.29 is 23.1 Å². The van der Waals surface area contributed by atoms with Crippen LogP contribution in [0, 0.1) is 0 Å². The van der Waals surface area contributed by atoms with E-state index in [0.29, 0.717) is 24.9 Å². The Bertz CT molecular complexity index is 481. The molecular weight excluding hydrogens is 283 g/mol. The van der Waals surface area contributed by atoms with Crippen LogP contribution in [0.3, 0.4) is 0 Å². The minimum atomic E-state index is -4.36. The van der Waals surface area contributed by atoms with E-state index in [1.54, 1.807) is 0 Å². The molecule has 6 heteroatoms. The van der Waals surface area contributed by atoms with Gasteiger partial charge >= 0.3 is 6.18 Å². The zero-order chi connectivity index (χ0) is 15.9. The van der Waals surface area contributed by atoms with E-state index in [-0.39, 0.29) is 5.91 Å². The second kappa shape index (κ2) is 7.83. The number of halogens is 3. The topological polar surface area (TPSA) is 49.3 Å². The third-order valence-corrected chi connectivity index (χ3v) is 2.91. The van der Waals surface area contributed by atoms with Crippen molar-refractivity contribution in [3.8, 4) is 0 Å². The number of rotatable bonds is 6. The van der Waals surface area contributed by atoms with Crippen molar-refractivity contribution in [1.29, 1.82) is 0 Å². The maximum absolute atomic E-state index is 12.4. The summed E-state index contributed by atoms with van der Waals surface area (Å²) in [6, 6.07) is 4.53. The Hall–Kier alpha value is -1.82. The van der Waals surface area contributed by atoms with Crippen LogP contribution in [0.25, 0.3) is 6.08 Å². The zero-order valence-corrected chi connectivity index (χ0v) is 11.7. The average molecular weight is 301 g/mol. The van der Waals surface area contributed by atoms with Crippen LogP contribution in [0.1, 0.15) is 30.9 Å². The van der Waals surface area contributed by atoms with Crippen molar-refractivity contribution in [3.05, 3.63) is 41.5 Å². The molecule has 0 saturated heterocycles. The van der Waals surface area contributed by atoms with Crippen LogP contribution in [-0.4, -0.2) is 23.7 Å². The summed E-state index contributed by atoms with van der Waals surface area (Å²) >= 11 is 0. The molecule has 116 valence electrons. The Morgan fingerprint density at radius 2 is 1.95 bits per heavy atom. The number of amides is 1. The fraction of sp³-hybridized carbons (Fsp3) is 0.400. The fourth-order valence-corrected chi connectivity index (χ4v) is 1.58. The lowest BCUT2D eigenvalue weighted by atomic mass is 10.1. The lowest BCUT2D eigenvalue weighted by Gasteiger charge is -2.07. The number of aliphatic hydroxyl groups excluding tert-OH is 1. The van der Waals surface area contributed by atoms with Gasteiger partial charge in [0.1, 0.15) is 0 Å². The van der Waals surface area contributed by atoms with Crippen LogP contribution in [0.4, 0.5) is 13.2 Å². The van der Waals surface area contributed by atoms with Gasteiger partial charge in [-0.2, -0.15) is 13.2 Å². The highest BCUT2D eigenvalue weighted by molar-refractivity contribution is 5.91. The van der Waals surface area contributed by atoms with E-state index in [1.165, 1.54) is 24.3 Å². The highest BCUT2D eigenvalue weighted by Gasteiger charge is 2.29. The van der Waals surface area contributed by atoms with E-state index in [2.05, 4.69) is 5.32 Å². The van der Waals surface area contributed by atoms with Crippen molar-refractivity contribution in [1.82, 2.24) is 5.32 Å². The van der Waals surface area contributed by atoms with Gasteiger partial charge in [0.2, 0.25) is 5.91 Å². The summed E-state index contributed by atoms with van der Waals surface area (Å²) in [4.78, 5) is 11.5. The standard InChI is InChI=1S/C15H18F3NO2/c1-2-13(20)9-10-19-14(21)8-5-11-3-6-12(7-4-11)15(16,17)18/h3-8,13,20H,2,9-10H2,1H3,(H,19,21)/b8-5+. The van der Waals surface area contributed by atoms with Crippen LogP contribution in [-0.2, 0) is 11.0 Å². The smallest absolute Gasteiger partial charge is 0.393 e. The monoisotopic (exact) mass is 301 g/mol. The molecule has 0 aliphatic rings. The molecule has 0 radical (unpaired) electrons. The highest BCUT2D eigenvalue weighted by Crippen LogP contribution is 2.29. The predicted molar refractivity (Wildman–Crippen MR) is 74.4 cm³/mol. The number of hydrogen-bond donors (Lipinski definition) is 2. The van der Waals surface area contributed by atoms with Crippen LogP contribution in [0.2, 0.25) is 0 Å². The molecule has 21 heavy (non-hydrogen) atoms. The molecule has 2 N–H and O–H groups in total. The average Bonchev–Trinajstić information content (AvgIpc) is 2.44. The van der Waals surface area contributed by atoms with Gasteiger partial charge in [0.05, 0.1) is 11.7 Å². The largest absolute Gasteiger partial charge is 0.416 e. The highest BCUT2D eigenvalue weighted by atomic mass is 19.4. The molecule has 0 bridgehead atoms. The van der Waals surface area contributed by atoms with Crippen molar-refractivity contribution >= 4 is 12.0 Å². The molecule has 3 nitrogen and oxygen atoms in total. The molecule has 0 aromatic heterocycles. The Morgan fingerprint density at radius 1 is 1.33 bits per heavy atom. The summed E-state index contributed by atoms with van der Waals surface area (Å²) in [6.45, 7) is 2.20. The predicted octanol–water partition coefficient (Wildman–Crippen LogP) is 3.00. The molecule has 1 rings (SSSR count). The molecule has 1 aromatic rings. The second-order valence-corrected chi connectivity index (χ2v) is 4.59. The third kappa shape index (κ3) is 6.44. The number of carbonyl (C=O) groups is 1. The molecule has 0 heterocycles. The lowest BCUT2D eigenvalue weighted by molar-refractivity contribution is -0.137. The van der Waals surface area contributed by atoms with Gasteiger partial charge in [-0.05, 0) is 36.6 Å². The van der Waals surface area contributed by atoms with Gasteiger partial charge in [0.25, 0.3) is 0 Å². The zero-order valence-electron chi connectivity index (χ0n) is 11.7. The maximum atomic E-state index is 12.4. The SMILES string of the molecule is CCC(O)CCNC(=O)/C=C/c1ccc(C(F)(F)F)cc1. The van der Waals surface area contributed by atoms with Gasteiger partial charge in [-0.3, -0.25) is 4.79 Å². The van der Waals surface area contributed by atoms with Gasteiger partial charge < -0.3 is 10.4 Å². The lowest BCUT2D eigenvalue weighted by Crippen LogP contribution is -2.25. The Kier molecular flexibility index (Phi) is 6.42. The molecule has 0 aliphatic heterocycles. The first-order valence-corrected chi connectivity index (χ1v) is 6.64. The number of hydrogen-bond acceptors (Lipinski definition) is 2. The number of nitrogens with one attached hydrogen (secondary N) is 1. The first kappa shape index (κ1) is 17.2. The molecule has 0 aliphatic carbocycles. The van der Waals surface area contributed by atoms with Crippen molar-refractivity contribution in [2.45, 2.75) is 32.0 Å². The minimum Gasteiger partial charge on any atom is -0.393 e. The number of carbonyl (C=O) groups excluding carboxylic acids is 1. The van der Waals surface area contributed by atoms with Gasteiger partial charge in [0, 0.05) is 12.6 Å². The van der Waals surface area contributed by atoms with Crippen molar-refractivity contribution in [3.63, 3.8) is 0 Å². The molecule has 1 unspecified atom stereocenters. The van der Waals surface area contributed by atoms with Gasteiger partial charge in [-0.15, -0.1) is 0 Å². The normalized spacial score (nSPS) is 13.4. The summed E-state index contributed by atoms with van der Waals surface area (Å²) in [6.07, 6.45) is -1.02. The van der Waals surface area contributed by atoms with E-state index < -0.39 is 17.8 Å². The van der Waals surface area contributed by atoms with Crippen molar-refractivity contribution in [2.75, 3.05) is 6.54 Å². The summed E-state index contributed by atoms with van der Waals surface area (Å²) < 4.78 is 37.1. The van der Waals surface area contributed by atoms with Crippen LogP contribution >= 0.6 is 0 Å². The van der Waals surface area contributed by atoms with Gasteiger partial charge in [-0.1, -0.05) is 19.1 Å². The quantitative estimate of drug-likeness (QED) is 0.794. The van der Waals surface area contributed by atoms with E-state index in [4.69, 9.17) is 0 Å². The van der Waals surface area contributed by atoms with E-state index in [0.717, 1.165) is 12.1 Å². The first-order valence-electron chi connectivity index (χ1n) is 6.64. The van der Waals surface area contributed by atoms with Gasteiger partial charge in [-0.25, -0.2) is 0 Å². The molecule has 0 spiro atoms. The fourth-order valence-electron chi connectivity index (χ4n) is 1.58. The summed E-state index contributed by atoms with van der Waals surface area (Å²) in [7, 11) is 0. The summed E-state index contributed by atoms with van der Waals surface area (Å²) in [5.41, 5.74) is -0.218. The van der Waals surface area contributed by atoms with Crippen LogP contribution in [0.15, 0.2) is 30.3 Å². The minimum absolute atomic E-state index is 0.349. The maximum Gasteiger partial charge on any atom is 0.416 e. The molecule has 0 saturated carbocycles. The van der Waals surface area contributed by atoms with E-state index in [1.807, 2.05) is 6.92 Å². The van der Waals surface area contributed by atoms with E-state index in [9.17, 15) is 23.1 Å². The number of alkyl halides is 3. The van der Waals surface area contributed by atoms with Crippen LogP contribution in [0.5, 0.6) is 0 Å². The third-order valence-electron chi connectivity index (χ3n) is 2.91. The Labute approximate surface area is 121 Å². The van der Waals surface area contributed by atoms with E-state index >= 15 is 0 Å². The van der Waals surface area contributed by atoms with Crippen molar-refractivity contribution in [2.24, 2.45) is 0 Å². The van der Waals surface area contributed by atoms with Gasteiger partial charge in [0.15, 0.2) is 0 Å². The summed E-state index contributed by atoms with van der Waals surface area (Å²) in [5, 5.41) is 11.9. The summed E-state index contributed by atoms with van der Waals surface area (Å²) in [5.74, 6) is -0.349. The molecule has 1 amide bonds. The molecule has 1 aromatic carbocycles. The molecule has 0 fully saturated rings. The number of aliphatic hydroxyl groups is 1. The molecule has 1 atom stereocenters. The first-order chi connectivity index (χ1) is 9.82. The number of benzene rings is 1. The molecular formula is C15H18F3NO2. The Morgan fingerprint density at radius 3 is 2.48 bits per heavy atom.